The van der Waals surface area contributed by atoms with E-state index in [1.165, 1.54) is 0 Å². The van der Waals surface area contributed by atoms with Gasteiger partial charge in [0, 0.05) is 13.1 Å². The first-order chi connectivity index (χ1) is 8.96. The van der Waals surface area contributed by atoms with Crippen LogP contribution < -0.4 is 15.7 Å². The molecule has 10 heteroatoms. The molecule has 0 aliphatic heterocycles. The standard InChI is InChI=1S/C9H14N6O3S/c1-19(17,18)11-6-2-5-10-7-3-4-8-12-13-9(16)15(8)14-7/h3-4,11H,2,5-6H2,1H3,(H,10,14)(H,13,16). The summed E-state index contributed by atoms with van der Waals surface area (Å²) in [6.45, 7) is 0.882. The monoisotopic (exact) mass is 286 g/mol. The van der Waals surface area contributed by atoms with Gasteiger partial charge in [-0.2, -0.15) is 9.61 Å². The molecule has 2 heterocycles. The summed E-state index contributed by atoms with van der Waals surface area (Å²) < 4.78 is 25.2. The Balaban J connectivity index is 1.88. The largest absolute Gasteiger partial charge is 0.369 e. The number of anilines is 1. The minimum absolute atomic E-state index is 0.347. The molecule has 2 aromatic heterocycles. The molecule has 9 nitrogen and oxygen atoms in total. The molecule has 3 N–H and O–H groups in total. The van der Waals surface area contributed by atoms with E-state index in [1.54, 1.807) is 12.1 Å². The Bertz CT molecular complexity index is 719. The van der Waals surface area contributed by atoms with Crippen LogP contribution in [-0.2, 0) is 10.0 Å². The van der Waals surface area contributed by atoms with Gasteiger partial charge in [-0.05, 0) is 18.6 Å². The first kappa shape index (κ1) is 13.5. The molecule has 0 aromatic carbocycles. The molecule has 2 aromatic rings. The molecule has 104 valence electrons. The minimum Gasteiger partial charge on any atom is -0.369 e. The summed E-state index contributed by atoms with van der Waals surface area (Å²) in [6.07, 6.45) is 1.72. The fourth-order valence-corrected chi connectivity index (χ4v) is 1.97. The van der Waals surface area contributed by atoms with Crippen molar-refractivity contribution in [3.8, 4) is 0 Å². The predicted octanol–water partition coefficient (Wildman–Crippen LogP) is -1.23. The Morgan fingerprint density at radius 2 is 2.16 bits per heavy atom. The zero-order valence-electron chi connectivity index (χ0n) is 10.3. The zero-order chi connectivity index (χ0) is 13.9. The number of H-pyrrole nitrogens is 1. The van der Waals surface area contributed by atoms with Crippen molar-refractivity contribution in [2.45, 2.75) is 6.42 Å². The summed E-state index contributed by atoms with van der Waals surface area (Å²) >= 11 is 0. The van der Waals surface area contributed by atoms with Crippen molar-refractivity contribution in [1.29, 1.82) is 0 Å². The molecule has 0 bridgehead atoms. The highest BCUT2D eigenvalue weighted by molar-refractivity contribution is 7.88. The fraction of sp³-hybridized carbons (Fsp3) is 0.444. The number of aromatic nitrogens is 4. The van der Waals surface area contributed by atoms with Crippen LogP contribution in [0.15, 0.2) is 16.9 Å². The molecular formula is C9H14N6O3S. The third-order valence-corrected chi connectivity index (χ3v) is 3.03. The second kappa shape index (κ2) is 5.36. The number of rotatable bonds is 6. The van der Waals surface area contributed by atoms with Gasteiger partial charge in [0.2, 0.25) is 10.0 Å². The minimum atomic E-state index is -3.15. The van der Waals surface area contributed by atoms with Crippen molar-refractivity contribution in [2.24, 2.45) is 0 Å². The van der Waals surface area contributed by atoms with Crippen LogP contribution in [0.1, 0.15) is 6.42 Å². The Morgan fingerprint density at radius 3 is 2.89 bits per heavy atom. The highest BCUT2D eigenvalue weighted by atomic mass is 32.2. The highest BCUT2D eigenvalue weighted by Gasteiger charge is 2.02. The van der Waals surface area contributed by atoms with E-state index in [4.69, 9.17) is 0 Å². The van der Waals surface area contributed by atoms with Crippen molar-refractivity contribution in [3.05, 3.63) is 22.6 Å². The van der Waals surface area contributed by atoms with Gasteiger partial charge >= 0.3 is 5.69 Å². The molecule has 0 aliphatic carbocycles. The van der Waals surface area contributed by atoms with Crippen molar-refractivity contribution >= 4 is 21.5 Å². The molecule has 0 unspecified atom stereocenters. The van der Waals surface area contributed by atoms with Crippen LogP contribution in [-0.4, -0.2) is 47.6 Å². The zero-order valence-corrected chi connectivity index (χ0v) is 11.1. The summed E-state index contributed by atoms with van der Waals surface area (Å²) in [5.41, 5.74) is 0.0340. The predicted molar refractivity (Wildman–Crippen MR) is 69.6 cm³/mol. The SMILES string of the molecule is CS(=O)(=O)NCCCNc1ccc2n[nH]c(=O)n2n1. The second-order valence-electron chi connectivity index (χ2n) is 3.96. The molecule has 0 saturated heterocycles. The van der Waals surface area contributed by atoms with Crippen molar-refractivity contribution in [3.63, 3.8) is 0 Å². The quantitative estimate of drug-likeness (QED) is 0.572. The number of fused-ring (bicyclic) bond motifs is 1. The third kappa shape index (κ3) is 3.76. The Labute approximate surface area is 109 Å². The average Bonchev–Trinajstić information content (AvgIpc) is 2.69. The van der Waals surface area contributed by atoms with E-state index >= 15 is 0 Å². The van der Waals surface area contributed by atoms with Crippen LogP contribution >= 0.6 is 0 Å². The molecule has 0 saturated carbocycles. The smallest absolute Gasteiger partial charge is 0.364 e. The van der Waals surface area contributed by atoms with E-state index in [0.29, 0.717) is 31.0 Å². The summed E-state index contributed by atoms with van der Waals surface area (Å²) in [6, 6.07) is 3.35. The van der Waals surface area contributed by atoms with Crippen LogP contribution in [0.25, 0.3) is 5.65 Å². The number of sulfonamides is 1. The van der Waals surface area contributed by atoms with E-state index in [9.17, 15) is 13.2 Å². The number of nitrogens with zero attached hydrogens (tertiary/aromatic N) is 3. The molecule has 0 fully saturated rings. The van der Waals surface area contributed by atoms with Gasteiger partial charge < -0.3 is 5.32 Å². The molecule has 2 rings (SSSR count). The maximum Gasteiger partial charge on any atom is 0.364 e. The van der Waals surface area contributed by atoms with Gasteiger partial charge in [0.25, 0.3) is 0 Å². The van der Waals surface area contributed by atoms with Gasteiger partial charge in [0.1, 0.15) is 5.82 Å². The second-order valence-corrected chi connectivity index (χ2v) is 5.80. The summed E-state index contributed by atoms with van der Waals surface area (Å²) in [5.74, 6) is 0.523. The topological polar surface area (TPSA) is 121 Å². The van der Waals surface area contributed by atoms with E-state index in [1.807, 2.05) is 0 Å². The van der Waals surface area contributed by atoms with Crippen LogP contribution in [0.2, 0.25) is 0 Å². The van der Waals surface area contributed by atoms with Crippen molar-refractivity contribution in [2.75, 3.05) is 24.7 Å². The van der Waals surface area contributed by atoms with E-state index in [2.05, 4.69) is 25.3 Å². The van der Waals surface area contributed by atoms with Crippen LogP contribution in [0.4, 0.5) is 5.82 Å². The molecule has 0 atom stereocenters. The van der Waals surface area contributed by atoms with Gasteiger partial charge in [0.05, 0.1) is 6.26 Å². The maximum absolute atomic E-state index is 11.3. The van der Waals surface area contributed by atoms with E-state index in [0.717, 1.165) is 10.8 Å². The molecule has 19 heavy (non-hydrogen) atoms. The third-order valence-electron chi connectivity index (χ3n) is 2.30. The number of aromatic amines is 1. The first-order valence-corrected chi connectivity index (χ1v) is 7.48. The lowest BCUT2D eigenvalue weighted by atomic mass is 10.4. The van der Waals surface area contributed by atoms with E-state index < -0.39 is 15.7 Å². The lowest BCUT2D eigenvalue weighted by Crippen LogP contribution is -2.24. The first-order valence-electron chi connectivity index (χ1n) is 5.59. The van der Waals surface area contributed by atoms with Crippen molar-refractivity contribution in [1.82, 2.24) is 24.5 Å². The number of hydrogen-bond acceptors (Lipinski definition) is 6. The fourth-order valence-electron chi connectivity index (χ4n) is 1.46. The van der Waals surface area contributed by atoms with E-state index in [-0.39, 0.29) is 0 Å². The summed E-state index contributed by atoms with van der Waals surface area (Å²) in [5, 5.41) is 13.1. The van der Waals surface area contributed by atoms with Gasteiger partial charge in [-0.3, -0.25) is 0 Å². The summed E-state index contributed by atoms with van der Waals surface area (Å²) in [4.78, 5) is 11.3. The van der Waals surface area contributed by atoms with Crippen LogP contribution in [0.3, 0.4) is 0 Å². The molecule has 0 amide bonds. The lowest BCUT2D eigenvalue weighted by Gasteiger charge is -2.05. The number of nitrogens with one attached hydrogen (secondary N) is 3. The van der Waals surface area contributed by atoms with Crippen LogP contribution in [0, 0.1) is 0 Å². The molecule has 0 aliphatic rings. The Hall–Kier alpha value is -1.94. The van der Waals surface area contributed by atoms with Gasteiger partial charge in [-0.15, -0.1) is 5.10 Å². The Morgan fingerprint density at radius 1 is 1.37 bits per heavy atom. The van der Waals surface area contributed by atoms with Crippen LogP contribution in [0.5, 0.6) is 0 Å². The summed E-state index contributed by atoms with van der Waals surface area (Å²) in [7, 11) is -3.15. The number of hydrogen-bond donors (Lipinski definition) is 3. The molecule has 0 spiro atoms. The maximum atomic E-state index is 11.3. The molecule has 0 radical (unpaired) electrons. The normalized spacial score (nSPS) is 11.8. The molecular weight excluding hydrogens is 272 g/mol. The highest BCUT2D eigenvalue weighted by Crippen LogP contribution is 2.02. The average molecular weight is 286 g/mol. The van der Waals surface area contributed by atoms with Gasteiger partial charge in [0.15, 0.2) is 5.65 Å². The van der Waals surface area contributed by atoms with Crippen molar-refractivity contribution < 1.29 is 8.42 Å². The van der Waals surface area contributed by atoms with Gasteiger partial charge in [-0.1, -0.05) is 0 Å². The Kier molecular flexibility index (Phi) is 3.81. The van der Waals surface area contributed by atoms with Gasteiger partial charge in [-0.25, -0.2) is 23.0 Å². The lowest BCUT2D eigenvalue weighted by molar-refractivity contribution is 0.586.